The lowest BCUT2D eigenvalue weighted by molar-refractivity contribution is -0.122. The molecule has 23 heavy (non-hydrogen) atoms. The second-order valence-electron chi connectivity index (χ2n) is 5.98. The van der Waals surface area contributed by atoms with Gasteiger partial charge >= 0.3 is 0 Å². The number of aromatic nitrogens is 2. The molecular formula is C15H27N5O3. The van der Waals surface area contributed by atoms with Gasteiger partial charge < -0.3 is 24.4 Å². The molecule has 8 nitrogen and oxygen atoms in total. The van der Waals surface area contributed by atoms with Crippen molar-refractivity contribution in [2.45, 2.75) is 25.8 Å². The highest BCUT2D eigenvalue weighted by Gasteiger charge is 2.18. The molecule has 1 N–H and O–H groups in total. The van der Waals surface area contributed by atoms with Gasteiger partial charge in [-0.25, -0.2) is 0 Å². The van der Waals surface area contributed by atoms with E-state index in [1.54, 1.807) is 7.11 Å². The molecule has 1 aliphatic rings. The maximum atomic E-state index is 12.1. The Morgan fingerprint density at radius 3 is 2.83 bits per heavy atom. The topological polar surface area (TPSA) is 83.7 Å². The summed E-state index contributed by atoms with van der Waals surface area (Å²) in [5, 5.41) is 6.79. The van der Waals surface area contributed by atoms with E-state index in [0.717, 1.165) is 32.7 Å². The van der Waals surface area contributed by atoms with Gasteiger partial charge in [0, 0.05) is 52.7 Å². The molecule has 1 fully saturated rings. The van der Waals surface area contributed by atoms with Crippen molar-refractivity contribution in [3.63, 3.8) is 0 Å². The molecule has 1 saturated heterocycles. The van der Waals surface area contributed by atoms with E-state index in [1.165, 1.54) is 0 Å². The molecule has 130 valence electrons. The van der Waals surface area contributed by atoms with Crippen molar-refractivity contribution in [3.8, 4) is 0 Å². The number of nitrogens with one attached hydrogen (secondary N) is 1. The lowest BCUT2D eigenvalue weighted by Crippen LogP contribution is -2.45. The molecule has 2 heterocycles. The van der Waals surface area contributed by atoms with Gasteiger partial charge in [-0.1, -0.05) is 5.16 Å². The Bertz CT molecular complexity index is 485. The molecule has 0 saturated carbocycles. The zero-order valence-electron chi connectivity index (χ0n) is 14.2. The number of hydrogen-bond acceptors (Lipinski definition) is 7. The Labute approximate surface area is 137 Å². The van der Waals surface area contributed by atoms with Crippen molar-refractivity contribution in [2.24, 2.45) is 0 Å². The fourth-order valence-electron chi connectivity index (χ4n) is 2.44. The van der Waals surface area contributed by atoms with Gasteiger partial charge in [0.2, 0.25) is 11.8 Å². The van der Waals surface area contributed by atoms with E-state index in [1.807, 2.05) is 6.92 Å². The van der Waals surface area contributed by atoms with Crippen LogP contribution in [0.2, 0.25) is 0 Å². The lowest BCUT2D eigenvalue weighted by atomic mass is 10.2. The molecule has 2 rings (SSSR count). The van der Waals surface area contributed by atoms with Gasteiger partial charge in [0.05, 0.1) is 6.61 Å². The van der Waals surface area contributed by atoms with Gasteiger partial charge in [0.1, 0.15) is 6.04 Å². The normalized spacial score (nSPS) is 18.0. The van der Waals surface area contributed by atoms with Crippen molar-refractivity contribution in [3.05, 3.63) is 11.7 Å². The second kappa shape index (κ2) is 8.95. The van der Waals surface area contributed by atoms with Gasteiger partial charge in [0.25, 0.3) is 0 Å². The standard InChI is InChI=1S/C15H27N5O3/c1-12(15-17-13(18-23-15)5-11-22-3)16-14(21)4-6-20-9-7-19(2)8-10-20/h12H,4-11H2,1-3H3,(H,16,21). The zero-order chi connectivity index (χ0) is 16.7. The highest BCUT2D eigenvalue weighted by atomic mass is 16.5. The summed E-state index contributed by atoms with van der Waals surface area (Å²) in [6.45, 7) is 7.34. The number of nitrogens with zero attached hydrogens (tertiary/aromatic N) is 4. The van der Waals surface area contributed by atoms with Crippen LogP contribution in [0.4, 0.5) is 0 Å². The van der Waals surface area contributed by atoms with E-state index in [-0.39, 0.29) is 11.9 Å². The summed E-state index contributed by atoms with van der Waals surface area (Å²) in [4.78, 5) is 20.9. The summed E-state index contributed by atoms with van der Waals surface area (Å²) < 4.78 is 10.2. The summed E-state index contributed by atoms with van der Waals surface area (Å²) in [7, 11) is 3.75. The van der Waals surface area contributed by atoms with Gasteiger partial charge in [-0.3, -0.25) is 4.79 Å². The Morgan fingerprint density at radius 2 is 2.13 bits per heavy atom. The first-order valence-corrected chi connectivity index (χ1v) is 8.10. The van der Waals surface area contributed by atoms with Crippen molar-refractivity contribution in [1.29, 1.82) is 0 Å². The Hall–Kier alpha value is -1.51. The van der Waals surface area contributed by atoms with Crippen LogP contribution in [-0.2, 0) is 16.0 Å². The summed E-state index contributed by atoms with van der Waals surface area (Å²) in [5.41, 5.74) is 0. The predicted octanol–water partition coefficient (Wildman–Crippen LogP) is 0.0732. The molecule has 1 amide bonds. The number of piperazine rings is 1. The molecule has 1 unspecified atom stereocenters. The molecule has 8 heteroatoms. The van der Waals surface area contributed by atoms with Gasteiger partial charge in [-0.15, -0.1) is 0 Å². The lowest BCUT2D eigenvalue weighted by Gasteiger charge is -2.32. The quantitative estimate of drug-likeness (QED) is 0.724. The van der Waals surface area contributed by atoms with Gasteiger partial charge in [-0.05, 0) is 14.0 Å². The fraction of sp³-hybridized carbons (Fsp3) is 0.800. The van der Waals surface area contributed by atoms with Crippen LogP contribution in [0.15, 0.2) is 4.52 Å². The van der Waals surface area contributed by atoms with Crippen LogP contribution >= 0.6 is 0 Å². The van der Waals surface area contributed by atoms with E-state index in [2.05, 4.69) is 32.3 Å². The molecule has 1 atom stereocenters. The number of rotatable bonds is 8. The van der Waals surface area contributed by atoms with E-state index in [0.29, 0.717) is 31.2 Å². The number of ether oxygens (including phenoxy) is 1. The second-order valence-corrected chi connectivity index (χ2v) is 5.98. The predicted molar refractivity (Wildman–Crippen MR) is 85.0 cm³/mol. The first-order valence-electron chi connectivity index (χ1n) is 8.10. The van der Waals surface area contributed by atoms with Crippen LogP contribution in [0.1, 0.15) is 31.1 Å². The Morgan fingerprint density at radius 1 is 1.39 bits per heavy atom. The van der Waals surface area contributed by atoms with Gasteiger partial charge in [0.15, 0.2) is 5.82 Å². The smallest absolute Gasteiger partial charge is 0.248 e. The van der Waals surface area contributed by atoms with Crippen LogP contribution in [-0.4, -0.2) is 79.3 Å². The highest BCUT2D eigenvalue weighted by Crippen LogP contribution is 2.10. The van der Waals surface area contributed by atoms with E-state index < -0.39 is 0 Å². The molecule has 1 aromatic rings. The fourth-order valence-corrected chi connectivity index (χ4v) is 2.44. The number of carbonyl (C=O) groups excluding carboxylic acids is 1. The van der Waals surface area contributed by atoms with Gasteiger partial charge in [-0.2, -0.15) is 4.98 Å². The number of hydrogen-bond donors (Lipinski definition) is 1. The van der Waals surface area contributed by atoms with Crippen molar-refractivity contribution in [1.82, 2.24) is 25.3 Å². The SMILES string of the molecule is COCCc1noc(C(C)NC(=O)CCN2CCN(C)CC2)n1. The molecule has 0 radical (unpaired) electrons. The van der Waals surface area contributed by atoms with Crippen LogP contribution < -0.4 is 5.32 Å². The molecule has 0 aliphatic carbocycles. The van der Waals surface area contributed by atoms with Crippen LogP contribution in [0.25, 0.3) is 0 Å². The third kappa shape index (κ3) is 5.89. The van der Waals surface area contributed by atoms with Crippen LogP contribution in [0.3, 0.4) is 0 Å². The summed E-state index contributed by atoms with van der Waals surface area (Å²) in [6, 6.07) is -0.279. The third-order valence-corrected chi connectivity index (χ3v) is 4.01. The maximum absolute atomic E-state index is 12.1. The Kier molecular flexibility index (Phi) is 6.94. The minimum Gasteiger partial charge on any atom is -0.384 e. The molecule has 0 spiro atoms. The zero-order valence-corrected chi connectivity index (χ0v) is 14.2. The summed E-state index contributed by atoms with van der Waals surface area (Å²) in [6.07, 6.45) is 1.09. The minimum absolute atomic E-state index is 0.00747. The number of likely N-dealkylation sites (N-methyl/N-ethyl adjacent to an activating group) is 1. The average molecular weight is 325 g/mol. The number of amides is 1. The highest BCUT2D eigenvalue weighted by molar-refractivity contribution is 5.76. The van der Waals surface area contributed by atoms with E-state index in [9.17, 15) is 4.79 Å². The molecular weight excluding hydrogens is 298 g/mol. The summed E-state index contributed by atoms with van der Waals surface area (Å²) >= 11 is 0. The summed E-state index contributed by atoms with van der Waals surface area (Å²) in [5.74, 6) is 1.04. The molecule has 0 aromatic carbocycles. The maximum Gasteiger partial charge on any atom is 0.248 e. The van der Waals surface area contributed by atoms with Crippen molar-refractivity contribution >= 4 is 5.91 Å². The van der Waals surface area contributed by atoms with E-state index >= 15 is 0 Å². The van der Waals surface area contributed by atoms with Crippen LogP contribution in [0.5, 0.6) is 0 Å². The minimum atomic E-state index is -0.279. The molecule has 1 aromatic heterocycles. The first kappa shape index (κ1) is 17.8. The number of methoxy groups -OCH3 is 1. The average Bonchev–Trinajstić information content (AvgIpc) is 3.01. The molecule has 1 aliphatic heterocycles. The van der Waals surface area contributed by atoms with Crippen molar-refractivity contribution < 1.29 is 14.1 Å². The van der Waals surface area contributed by atoms with E-state index in [4.69, 9.17) is 9.26 Å². The van der Waals surface area contributed by atoms with Crippen LogP contribution in [0, 0.1) is 0 Å². The molecule has 0 bridgehead atoms. The monoisotopic (exact) mass is 325 g/mol. The van der Waals surface area contributed by atoms with Crippen molar-refractivity contribution in [2.75, 3.05) is 53.5 Å². The number of carbonyl (C=O) groups is 1. The Balaban J connectivity index is 1.70. The first-order chi connectivity index (χ1) is 11.1. The largest absolute Gasteiger partial charge is 0.384 e. The third-order valence-electron chi connectivity index (χ3n) is 4.01.